The van der Waals surface area contributed by atoms with Crippen LogP contribution in [0.15, 0.2) is 12.7 Å². The van der Waals surface area contributed by atoms with Crippen LogP contribution in [-0.4, -0.2) is 57.5 Å². The average Bonchev–Trinajstić information content (AvgIpc) is 1.84. The Bertz CT molecular complexity index is 117. The number of nitrogens with zero attached hydrogens (tertiary/aromatic N) is 1. The van der Waals surface area contributed by atoms with Crippen molar-refractivity contribution in [2.24, 2.45) is 0 Å². The zero-order chi connectivity index (χ0) is 9.56. The van der Waals surface area contributed by atoms with Crippen LogP contribution in [0.1, 0.15) is 0 Å². The number of hydrogen-bond donors (Lipinski definition) is 4. The fourth-order valence-electron chi connectivity index (χ4n) is 0.868. The van der Waals surface area contributed by atoms with Crippen LogP contribution in [0.2, 0.25) is 0 Å². The highest BCUT2D eigenvalue weighted by molar-refractivity contribution is 4.73. The van der Waals surface area contributed by atoms with E-state index in [4.69, 9.17) is 20.4 Å². The molecular weight excluding hydrogens is 162 g/mol. The van der Waals surface area contributed by atoms with E-state index in [1.807, 2.05) is 0 Å². The lowest BCUT2D eigenvalue weighted by atomic mass is 10.4. The summed E-state index contributed by atoms with van der Waals surface area (Å²) in [4.78, 5) is 1.46. The van der Waals surface area contributed by atoms with E-state index < -0.39 is 12.6 Å². The first-order valence-corrected chi connectivity index (χ1v) is 3.61. The topological polar surface area (TPSA) is 84.2 Å². The van der Waals surface area contributed by atoms with Gasteiger partial charge in [0.15, 0.2) is 12.6 Å². The third-order valence-corrected chi connectivity index (χ3v) is 1.23. The number of aliphatic hydroxyl groups excluding tert-OH is 2. The maximum absolute atomic E-state index is 8.58. The minimum absolute atomic E-state index is 0.0242. The van der Waals surface area contributed by atoms with Crippen LogP contribution in [0, 0.1) is 0 Å². The first-order chi connectivity index (χ1) is 5.56. The number of aliphatic hydroxyl groups is 4. The molecule has 0 radical (unpaired) electrons. The summed E-state index contributed by atoms with van der Waals surface area (Å²) in [7, 11) is 0. The molecule has 0 saturated carbocycles. The molecule has 0 aliphatic rings. The molecule has 0 fully saturated rings. The van der Waals surface area contributed by atoms with Gasteiger partial charge in [-0.3, -0.25) is 4.90 Å². The van der Waals surface area contributed by atoms with Crippen LogP contribution in [0.4, 0.5) is 0 Å². The van der Waals surface area contributed by atoms with E-state index in [0.717, 1.165) is 0 Å². The summed E-state index contributed by atoms with van der Waals surface area (Å²) in [6.45, 7) is 3.78. The van der Waals surface area contributed by atoms with E-state index >= 15 is 0 Å². The van der Waals surface area contributed by atoms with Crippen LogP contribution in [0.3, 0.4) is 0 Å². The Kier molecular flexibility index (Phi) is 5.87. The van der Waals surface area contributed by atoms with Gasteiger partial charge in [0.05, 0.1) is 0 Å². The predicted octanol–water partition coefficient (Wildman–Crippen LogP) is -1.90. The van der Waals surface area contributed by atoms with Gasteiger partial charge in [-0.25, -0.2) is 0 Å². The van der Waals surface area contributed by atoms with Crippen molar-refractivity contribution in [1.29, 1.82) is 0 Å². The van der Waals surface area contributed by atoms with E-state index in [0.29, 0.717) is 6.54 Å². The molecule has 0 aromatic heterocycles. The van der Waals surface area contributed by atoms with E-state index in [1.54, 1.807) is 6.08 Å². The van der Waals surface area contributed by atoms with Crippen molar-refractivity contribution < 1.29 is 20.4 Å². The van der Waals surface area contributed by atoms with Gasteiger partial charge in [-0.2, -0.15) is 0 Å². The van der Waals surface area contributed by atoms with Crippen molar-refractivity contribution in [3.63, 3.8) is 0 Å². The summed E-state index contributed by atoms with van der Waals surface area (Å²) in [6.07, 6.45) is -1.39. The highest BCUT2D eigenvalue weighted by atomic mass is 16.5. The lowest BCUT2D eigenvalue weighted by Crippen LogP contribution is -2.37. The van der Waals surface area contributed by atoms with Crippen LogP contribution in [0.25, 0.3) is 0 Å². The molecule has 0 rings (SSSR count). The maximum Gasteiger partial charge on any atom is 0.164 e. The molecule has 0 aliphatic heterocycles. The molecule has 5 nitrogen and oxygen atoms in total. The Balaban J connectivity index is 3.77. The van der Waals surface area contributed by atoms with Crippen molar-refractivity contribution in [1.82, 2.24) is 4.90 Å². The largest absolute Gasteiger partial charge is 0.367 e. The van der Waals surface area contributed by atoms with E-state index in [9.17, 15) is 0 Å². The lowest BCUT2D eigenvalue weighted by molar-refractivity contribution is -0.0920. The van der Waals surface area contributed by atoms with Crippen molar-refractivity contribution >= 4 is 0 Å². The summed E-state index contributed by atoms with van der Waals surface area (Å²) < 4.78 is 0. The zero-order valence-electron chi connectivity index (χ0n) is 6.80. The van der Waals surface area contributed by atoms with Gasteiger partial charge in [0.1, 0.15) is 0 Å². The van der Waals surface area contributed by atoms with Gasteiger partial charge < -0.3 is 20.4 Å². The molecule has 4 N–H and O–H groups in total. The van der Waals surface area contributed by atoms with Crippen molar-refractivity contribution in [2.45, 2.75) is 12.6 Å². The second-order valence-corrected chi connectivity index (χ2v) is 2.47. The Morgan fingerprint density at radius 3 is 1.75 bits per heavy atom. The summed E-state index contributed by atoms with van der Waals surface area (Å²) in [6, 6.07) is 0. The highest BCUT2D eigenvalue weighted by Gasteiger charge is 2.10. The molecule has 0 heterocycles. The maximum atomic E-state index is 8.58. The van der Waals surface area contributed by atoms with Crippen molar-refractivity contribution in [2.75, 3.05) is 19.6 Å². The van der Waals surface area contributed by atoms with E-state index in [-0.39, 0.29) is 13.1 Å². The molecule has 72 valence electrons. The SMILES string of the molecule is C=CCN(CC(O)O)CC(O)O. The van der Waals surface area contributed by atoms with Crippen molar-refractivity contribution in [3.05, 3.63) is 12.7 Å². The van der Waals surface area contributed by atoms with Crippen LogP contribution in [0.5, 0.6) is 0 Å². The van der Waals surface area contributed by atoms with Gasteiger partial charge in [-0.1, -0.05) is 6.08 Å². The van der Waals surface area contributed by atoms with E-state index in [1.165, 1.54) is 4.90 Å². The molecule has 0 aromatic carbocycles. The Hall–Kier alpha value is -0.460. The van der Waals surface area contributed by atoms with Gasteiger partial charge in [0.25, 0.3) is 0 Å². The second-order valence-electron chi connectivity index (χ2n) is 2.47. The molecule has 0 aliphatic carbocycles. The molecule has 0 spiro atoms. The molecule has 0 saturated heterocycles. The fourth-order valence-corrected chi connectivity index (χ4v) is 0.868. The third kappa shape index (κ3) is 6.26. The molecule has 0 aromatic rings. The van der Waals surface area contributed by atoms with Gasteiger partial charge >= 0.3 is 0 Å². The van der Waals surface area contributed by atoms with Crippen LogP contribution >= 0.6 is 0 Å². The molecule has 0 bridgehead atoms. The van der Waals surface area contributed by atoms with E-state index in [2.05, 4.69) is 6.58 Å². The molecule has 0 unspecified atom stereocenters. The van der Waals surface area contributed by atoms with Crippen LogP contribution in [-0.2, 0) is 0 Å². The fraction of sp³-hybridized carbons (Fsp3) is 0.714. The second kappa shape index (κ2) is 6.10. The average molecular weight is 177 g/mol. The monoisotopic (exact) mass is 177 g/mol. The van der Waals surface area contributed by atoms with Gasteiger partial charge in [0.2, 0.25) is 0 Å². The molecule has 0 amide bonds. The molecular formula is C7H15NO4. The zero-order valence-corrected chi connectivity index (χ0v) is 6.80. The summed E-state index contributed by atoms with van der Waals surface area (Å²) >= 11 is 0. The Labute approximate surface area is 71.2 Å². The van der Waals surface area contributed by atoms with Gasteiger partial charge in [0, 0.05) is 19.6 Å². The Morgan fingerprint density at radius 2 is 1.50 bits per heavy atom. The van der Waals surface area contributed by atoms with Gasteiger partial charge in [-0.15, -0.1) is 6.58 Å². The standard InChI is InChI=1S/C7H15NO4/c1-2-3-8(4-6(9)10)5-7(11)12/h2,6-7,9-12H,1,3-5H2. The Morgan fingerprint density at radius 1 is 1.08 bits per heavy atom. The molecule has 12 heavy (non-hydrogen) atoms. The first kappa shape index (κ1) is 11.5. The van der Waals surface area contributed by atoms with Crippen LogP contribution < -0.4 is 0 Å². The smallest absolute Gasteiger partial charge is 0.164 e. The summed E-state index contributed by atoms with van der Waals surface area (Å²) in [5, 5.41) is 34.3. The number of rotatable bonds is 6. The quantitative estimate of drug-likeness (QED) is 0.281. The summed E-state index contributed by atoms with van der Waals surface area (Å²) in [5.41, 5.74) is 0. The minimum atomic E-state index is -1.47. The lowest BCUT2D eigenvalue weighted by Gasteiger charge is -2.21. The van der Waals surface area contributed by atoms with Crippen molar-refractivity contribution in [3.8, 4) is 0 Å². The predicted molar refractivity (Wildman–Crippen MR) is 43.1 cm³/mol. The third-order valence-electron chi connectivity index (χ3n) is 1.23. The normalized spacial score (nSPS) is 11.6. The van der Waals surface area contributed by atoms with Gasteiger partial charge in [-0.05, 0) is 0 Å². The minimum Gasteiger partial charge on any atom is -0.367 e. The number of hydrogen-bond acceptors (Lipinski definition) is 5. The molecule has 0 atom stereocenters. The first-order valence-electron chi connectivity index (χ1n) is 3.61. The highest BCUT2D eigenvalue weighted by Crippen LogP contribution is 1.92. The summed E-state index contributed by atoms with van der Waals surface area (Å²) in [5.74, 6) is 0. The molecule has 5 heteroatoms.